The molecule has 0 bridgehead atoms. The second-order valence-electron chi connectivity index (χ2n) is 3.94. The number of benzene rings is 2. The smallest absolute Gasteiger partial charge is 0.269 e. The predicted octanol–water partition coefficient (Wildman–Crippen LogP) is 2.04. The van der Waals surface area contributed by atoms with Crippen molar-refractivity contribution in [3.63, 3.8) is 0 Å². The van der Waals surface area contributed by atoms with Crippen LogP contribution in [0.4, 0.5) is 5.69 Å². The molecule has 1 aromatic heterocycles. The summed E-state index contributed by atoms with van der Waals surface area (Å²) in [5.41, 5.74) is 2.41. The Kier molecular flexibility index (Phi) is 2.38. The van der Waals surface area contributed by atoms with Crippen LogP contribution in [0.5, 0.6) is 0 Å². The van der Waals surface area contributed by atoms with Crippen molar-refractivity contribution in [1.29, 1.82) is 0 Å². The molecule has 3 rings (SSSR count). The topological polar surface area (TPSA) is 96.1 Å². The van der Waals surface area contributed by atoms with E-state index in [1.165, 1.54) is 12.1 Å². The highest BCUT2D eigenvalue weighted by molar-refractivity contribution is 5.79. The number of fused-ring (bicyclic) bond motifs is 1. The number of aromatic nitrogens is 2. The Morgan fingerprint density at radius 2 is 1.79 bits per heavy atom. The van der Waals surface area contributed by atoms with Gasteiger partial charge in [-0.15, -0.1) is 0 Å². The first-order chi connectivity index (χ1) is 9.15. The summed E-state index contributed by atoms with van der Waals surface area (Å²) in [5.74, 6) is 0. The first-order valence-corrected chi connectivity index (χ1v) is 5.39. The van der Waals surface area contributed by atoms with E-state index in [0.29, 0.717) is 15.9 Å². The van der Waals surface area contributed by atoms with E-state index in [1.54, 1.807) is 30.3 Å². The van der Waals surface area contributed by atoms with Gasteiger partial charge in [0.15, 0.2) is 0 Å². The van der Waals surface area contributed by atoms with Gasteiger partial charge in [0.05, 0.1) is 4.92 Å². The van der Waals surface area contributed by atoms with Crippen molar-refractivity contribution in [1.82, 2.24) is 5.16 Å². The molecule has 19 heavy (non-hydrogen) atoms. The highest BCUT2D eigenvalue weighted by Crippen LogP contribution is 2.24. The zero-order chi connectivity index (χ0) is 13.4. The van der Waals surface area contributed by atoms with Crippen LogP contribution in [0, 0.1) is 15.3 Å². The summed E-state index contributed by atoms with van der Waals surface area (Å²) in [4.78, 5) is 10.4. The number of nitro groups is 1. The summed E-state index contributed by atoms with van der Waals surface area (Å²) >= 11 is 0. The van der Waals surface area contributed by atoms with Gasteiger partial charge in [0.1, 0.15) is 0 Å². The molecule has 0 unspecified atom stereocenters. The van der Waals surface area contributed by atoms with Crippen molar-refractivity contribution in [2.75, 3.05) is 0 Å². The monoisotopic (exact) mass is 257 g/mol. The van der Waals surface area contributed by atoms with E-state index in [1.807, 2.05) is 0 Å². The quantitative estimate of drug-likeness (QED) is 0.397. The summed E-state index contributed by atoms with van der Waals surface area (Å²) in [6, 6.07) is 11.2. The lowest BCUT2D eigenvalue weighted by Gasteiger charge is -1.99. The van der Waals surface area contributed by atoms with Crippen molar-refractivity contribution in [3.8, 4) is 11.1 Å². The van der Waals surface area contributed by atoms with Gasteiger partial charge in [-0.25, -0.2) is 0 Å². The van der Waals surface area contributed by atoms with Gasteiger partial charge in [0.2, 0.25) is 11.0 Å². The summed E-state index contributed by atoms with van der Waals surface area (Å²) in [5, 5.41) is 25.3. The number of hydrogen-bond donors (Lipinski definition) is 0. The molecule has 0 aliphatic rings. The van der Waals surface area contributed by atoms with E-state index in [9.17, 15) is 15.3 Å². The normalized spacial score (nSPS) is 10.7. The van der Waals surface area contributed by atoms with Crippen LogP contribution in [-0.2, 0) is 0 Å². The fourth-order valence-electron chi connectivity index (χ4n) is 1.83. The van der Waals surface area contributed by atoms with E-state index in [0.717, 1.165) is 11.1 Å². The zero-order valence-electron chi connectivity index (χ0n) is 9.52. The van der Waals surface area contributed by atoms with Crippen LogP contribution in [0.1, 0.15) is 0 Å². The Hall–Kier alpha value is -2.96. The molecule has 7 heteroatoms. The van der Waals surface area contributed by atoms with E-state index < -0.39 is 4.92 Å². The third kappa shape index (κ3) is 1.86. The van der Waals surface area contributed by atoms with Crippen LogP contribution in [0.2, 0.25) is 0 Å². The van der Waals surface area contributed by atoms with Crippen molar-refractivity contribution < 1.29 is 14.5 Å². The molecule has 0 atom stereocenters. The molecule has 0 saturated carbocycles. The highest BCUT2D eigenvalue weighted by atomic mass is 16.8. The standard InChI is InChI=1S/C12H7N3O4/c16-14(17)10-4-1-8(2-5-10)9-3-6-12-11(7-9)13-19-15(12)18/h1-7H. The maximum absolute atomic E-state index is 11.2. The summed E-state index contributed by atoms with van der Waals surface area (Å²) in [6.07, 6.45) is 0. The first kappa shape index (κ1) is 11.1. The zero-order valence-corrected chi connectivity index (χ0v) is 9.52. The highest BCUT2D eigenvalue weighted by Gasteiger charge is 2.11. The van der Waals surface area contributed by atoms with Crippen molar-refractivity contribution in [3.05, 3.63) is 57.8 Å². The van der Waals surface area contributed by atoms with Crippen LogP contribution in [-0.4, -0.2) is 10.1 Å². The Bertz CT molecular complexity index is 764. The number of non-ortho nitro benzene ring substituents is 1. The minimum atomic E-state index is -0.453. The average molecular weight is 257 g/mol. The second-order valence-corrected chi connectivity index (χ2v) is 3.94. The number of nitro benzene ring substituents is 1. The molecule has 0 spiro atoms. The summed E-state index contributed by atoms with van der Waals surface area (Å²) < 4.78 is 4.48. The molecule has 0 N–H and O–H groups in total. The van der Waals surface area contributed by atoms with Gasteiger partial charge in [0, 0.05) is 23.4 Å². The molecule has 94 valence electrons. The molecule has 7 nitrogen and oxygen atoms in total. The Morgan fingerprint density at radius 1 is 1.11 bits per heavy atom. The van der Waals surface area contributed by atoms with Gasteiger partial charge in [-0.1, -0.05) is 0 Å². The fourth-order valence-corrected chi connectivity index (χ4v) is 1.83. The largest absolute Gasteiger partial charge is 0.359 e. The Morgan fingerprint density at radius 3 is 2.47 bits per heavy atom. The predicted molar refractivity (Wildman–Crippen MR) is 65.1 cm³/mol. The lowest BCUT2D eigenvalue weighted by Crippen LogP contribution is -2.22. The van der Waals surface area contributed by atoms with E-state index >= 15 is 0 Å². The maximum Gasteiger partial charge on any atom is 0.269 e. The fraction of sp³-hybridized carbons (Fsp3) is 0. The molecular weight excluding hydrogens is 250 g/mol. The molecule has 0 radical (unpaired) electrons. The molecule has 0 aliphatic heterocycles. The van der Waals surface area contributed by atoms with Gasteiger partial charge in [-0.3, -0.25) is 14.7 Å². The molecule has 3 aromatic rings. The lowest BCUT2D eigenvalue weighted by atomic mass is 10.0. The van der Waals surface area contributed by atoms with Crippen LogP contribution < -0.4 is 4.90 Å². The van der Waals surface area contributed by atoms with Crippen molar-refractivity contribution in [2.24, 2.45) is 0 Å². The summed E-state index contributed by atoms with van der Waals surface area (Å²) in [6.45, 7) is 0. The SMILES string of the molecule is O=[N+]([O-])c1ccc(-c2ccc3c(c2)no[n+]3[O-])cc1. The minimum absolute atomic E-state index is 0.0312. The Balaban J connectivity index is 2.05. The number of rotatable bonds is 2. The van der Waals surface area contributed by atoms with Crippen LogP contribution >= 0.6 is 0 Å². The van der Waals surface area contributed by atoms with Gasteiger partial charge >= 0.3 is 0 Å². The van der Waals surface area contributed by atoms with Crippen molar-refractivity contribution in [2.45, 2.75) is 0 Å². The molecule has 0 amide bonds. The van der Waals surface area contributed by atoms with Gasteiger partial charge < -0.3 is 5.21 Å². The molecule has 0 aliphatic carbocycles. The average Bonchev–Trinajstić information content (AvgIpc) is 2.80. The second kappa shape index (κ2) is 4.05. The molecule has 1 heterocycles. The number of hydrogen-bond acceptors (Lipinski definition) is 5. The van der Waals surface area contributed by atoms with Crippen LogP contribution in [0.25, 0.3) is 22.2 Å². The minimum Gasteiger partial charge on any atom is -0.359 e. The molecule has 2 aromatic carbocycles. The Labute approximate surface area is 106 Å². The van der Waals surface area contributed by atoms with Crippen LogP contribution in [0.15, 0.2) is 47.1 Å². The summed E-state index contributed by atoms with van der Waals surface area (Å²) in [7, 11) is 0. The number of nitrogens with zero attached hydrogens (tertiary/aromatic N) is 3. The van der Waals surface area contributed by atoms with E-state index in [-0.39, 0.29) is 5.69 Å². The third-order valence-corrected chi connectivity index (χ3v) is 2.80. The van der Waals surface area contributed by atoms with Gasteiger partial charge in [-0.2, -0.15) is 0 Å². The van der Waals surface area contributed by atoms with E-state index in [2.05, 4.69) is 9.79 Å². The van der Waals surface area contributed by atoms with Crippen LogP contribution in [0.3, 0.4) is 0 Å². The first-order valence-electron chi connectivity index (χ1n) is 5.39. The third-order valence-electron chi connectivity index (χ3n) is 2.80. The molecular formula is C12H7N3O4. The molecule has 0 fully saturated rings. The molecule has 0 saturated heterocycles. The van der Waals surface area contributed by atoms with Gasteiger partial charge in [-0.05, 0) is 40.3 Å². The van der Waals surface area contributed by atoms with E-state index in [4.69, 9.17) is 0 Å². The van der Waals surface area contributed by atoms with Gasteiger partial charge in [0.25, 0.3) is 5.69 Å². The van der Waals surface area contributed by atoms with Crippen molar-refractivity contribution >= 4 is 16.7 Å². The lowest BCUT2D eigenvalue weighted by molar-refractivity contribution is -0.782. The maximum atomic E-state index is 11.2.